The predicted octanol–water partition coefficient (Wildman–Crippen LogP) is 9.24. The summed E-state index contributed by atoms with van der Waals surface area (Å²) in [6.07, 6.45) is 10.1. The molecule has 0 fully saturated rings. The highest BCUT2D eigenvalue weighted by molar-refractivity contribution is 6.31. The lowest BCUT2D eigenvalue weighted by atomic mass is 10.0. The minimum absolute atomic E-state index is 0.103. The molecule has 3 rings (SSSR count). The maximum atomic E-state index is 12.6. The van der Waals surface area contributed by atoms with Crippen LogP contribution in [-0.2, 0) is 28.5 Å². The van der Waals surface area contributed by atoms with Crippen LogP contribution in [0.15, 0.2) is 42.5 Å². The van der Waals surface area contributed by atoms with Gasteiger partial charge in [-0.25, -0.2) is 0 Å². The van der Waals surface area contributed by atoms with Crippen LogP contribution in [0.5, 0.6) is 11.5 Å². The molecule has 0 aliphatic heterocycles. The molecule has 0 radical (unpaired) electrons. The summed E-state index contributed by atoms with van der Waals surface area (Å²) in [5, 5.41) is 3.70. The van der Waals surface area contributed by atoms with Crippen molar-refractivity contribution in [2.45, 2.75) is 103 Å². The van der Waals surface area contributed by atoms with Gasteiger partial charge in [-0.2, -0.15) is 0 Å². The van der Waals surface area contributed by atoms with Crippen molar-refractivity contribution in [1.82, 2.24) is 0 Å². The van der Waals surface area contributed by atoms with Crippen LogP contribution >= 0.6 is 11.6 Å². The van der Waals surface area contributed by atoms with Crippen LogP contribution in [0, 0.1) is 0 Å². The zero-order chi connectivity index (χ0) is 33.9. The van der Waals surface area contributed by atoms with E-state index in [1.54, 1.807) is 20.3 Å². The SMILES string of the molecule is CCCCCCCC(=O)OC(COC)COc1c2ccccc2c(OCC(COC)OC(=O)CCCCCCC)c2cc(Cl)ccc12. The van der Waals surface area contributed by atoms with Gasteiger partial charge in [-0.1, -0.05) is 101 Å². The third-order valence-corrected chi connectivity index (χ3v) is 8.22. The summed E-state index contributed by atoms with van der Waals surface area (Å²) in [6, 6.07) is 13.3. The van der Waals surface area contributed by atoms with E-state index in [0.717, 1.165) is 72.9 Å². The summed E-state index contributed by atoms with van der Waals surface area (Å²) < 4.78 is 35.1. The number of carbonyl (C=O) groups is 2. The van der Waals surface area contributed by atoms with Crippen molar-refractivity contribution < 1.29 is 38.0 Å². The van der Waals surface area contributed by atoms with E-state index < -0.39 is 12.2 Å². The van der Waals surface area contributed by atoms with Crippen molar-refractivity contribution >= 4 is 45.1 Å². The quantitative estimate of drug-likeness (QED) is 0.0529. The number of fused-ring (bicyclic) bond motifs is 2. The molecule has 0 saturated carbocycles. The standard InChI is InChI=1S/C38H53ClO8/c1-5-7-9-11-13-19-35(40)46-29(24-42-3)26-44-37-31-17-15-16-18-32(31)38(34-23-28(39)21-22-33(34)37)45-27-30(25-43-4)47-36(41)20-14-12-10-8-6-2/h15-18,21-23,29-30H,5-14,19-20,24-27H2,1-4H3. The Kier molecular flexibility index (Phi) is 17.7. The molecule has 0 bridgehead atoms. The molecule has 0 heterocycles. The number of hydrogen-bond donors (Lipinski definition) is 0. The molecule has 3 aromatic carbocycles. The lowest BCUT2D eigenvalue weighted by molar-refractivity contribution is -0.154. The minimum atomic E-state index is -0.580. The van der Waals surface area contributed by atoms with E-state index >= 15 is 0 Å². The normalized spacial score (nSPS) is 12.6. The molecule has 8 nitrogen and oxygen atoms in total. The molecule has 47 heavy (non-hydrogen) atoms. The van der Waals surface area contributed by atoms with Crippen LogP contribution in [0.4, 0.5) is 0 Å². The second-order valence-electron chi connectivity index (χ2n) is 12.0. The number of benzene rings is 3. The number of methoxy groups -OCH3 is 2. The van der Waals surface area contributed by atoms with Gasteiger partial charge in [0.1, 0.15) is 24.7 Å². The van der Waals surface area contributed by atoms with E-state index in [-0.39, 0.29) is 38.4 Å². The first-order valence-corrected chi connectivity index (χ1v) is 17.6. The van der Waals surface area contributed by atoms with Crippen molar-refractivity contribution in [2.24, 2.45) is 0 Å². The van der Waals surface area contributed by atoms with Crippen LogP contribution in [0.2, 0.25) is 5.02 Å². The number of halogens is 1. The Morgan fingerprint density at radius 1 is 0.596 bits per heavy atom. The van der Waals surface area contributed by atoms with Crippen LogP contribution in [0.3, 0.4) is 0 Å². The van der Waals surface area contributed by atoms with Gasteiger partial charge in [-0.05, 0) is 31.0 Å². The molecule has 0 aliphatic rings. The molecule has 2 atom stereocenters. The molecule has 0 spiro atoms. The topological polar surface area (TPSA) is 89.5 Å². The Morgan fingerprint density at radius 3 is 1.51 bits per heavy atom. The van der Waals surface area contributed by atoms with Crippen molar-refractivity contribution in [2.75, 3.05) is 40.6 Å². The Labute approximate surface area is 285 Å². The summed E-state index contributed by atoms with van der Waals surface area (Å²) in [7, 11) is 3.15. The van der Waals surface area contributed by atoms with Gasteiger partial charge < -0.3 is 28.4 Å². The van der Waals surface area contributed by atoms with Gasteiger partial charge in [0.05, 0.1) is 13.2 Å². The summed E-state index contributed by atoms with van der Waals surface area (Å²) >= 11 is 6.49. The molecule has 0 saturated heterocycles. The fourth-order valence-corrected chi connectivity index (χ4v) is 5.75. The number of carbonyl (C=O) groups excluding carboxylic acids is 2. The fraction of sp³-hybridized carbons (Fsp3) is 0.579. The summed E-state index contributed by atoms with van der Waals surface area (Å²) in [4.78, 5) is 25.2. The van der Waals surface area contributed by atoms with Gasteiger partial charge >= 0.3 is 11.9 Å². The molecule has 2 unspecified atom stereocenters. The molecule has 260 valence electrons. The van der Waals surface area contributed by atoms with Gasteiger partial charge in [-0.3, -0.25) is 9.59 Å². The number of unbranched alkanes of at least 4 members (excludes halogenated alkanes) is 8. The molecule has 0 aromatic heterocycles. The molecule has 9 heteroatoms. The number of esters is 2. The average molecular weight is 673 g/mol. The van der Waals surface area contributed by atoms with Gasteiger partial charge in [0.2, 0.25) is 0 Å². The first-order valence-electron chi connectivity index (χ1n) is 17.2. The van der Waals surface area contributed by atoms with E-state index in [1.165, 1.54) is 12.8 Å². The van der Waals surface area contributed by atoms with Crippen LogP contribution in [-0.4, -0.2) is 64.8 Å². The Bertz CT molecular complexity index is 1380. The summed E-state index contributed by atoms with van der Waals surface area (Å²) in [6.45, 7) is 4.97. The van der Waals surface area contributed by atoms with Gasteiger partial charge in [0.25, 0.3) is 0 Å². The number of ether oxygens (including phenoxy) is 6. The van der Waals surface area contributed by atoms with Crippen LogP contribution in [0.1, 0.15) is 90.9 Å². The highest BCUT2D eigenvalue weighted by Gasteiger charge is 2.22. The zero-order valence-corrected chi connectivity index (χ0v) is 29.4. The third kappa shape index (κ3) is 12.8. The molecule has 0 N–H and O–H groups in total. The third-order valence-electron chi connectivity index (χ3n) is 7.98. The second-order valence-corrected chi connectivity index (χ2v) is 12.4. The lowest BCUT2D eigenvalue weighted by Crippen LogP contribution is -2.30. The molecule has 0 aliphatic carbocycles. The minimum Gasteiger partial charge on any atom is -0.488 e. The fourth-order valence-electron chi connectivity index (χ4n) is 5.57. The number of rotatable bonds is 24. The maximum Gasteiger partial charge on any atom is 0.306 e. The van der Waals surface area contributed by atoms with E-state index in [0.29, 0.717) is 29.4 Å². The van der Waals surface area contributed by atoms with Gasteiger partial charge in [0, 0.05) is 53.6 Å². The van der Waals surface area contributed by atoms with Gasteiger partial charge in [-0.15, -0.1) is 0 Å². The lowest BCUT2D eigenvalue weighted by Gasteiger charge is -2.22. The van der Waals surface area contributed by atoms with Crippen molar-refractivity contribution in [3.8, 4) is 11.5 Å². The van der Waals surface area contributed by atoms with Crippen molar-refractivity contribution in [3.63, 3.8) is 0 Å². The molecule has 3 aromatic rings. The highest BCUT2D eigenvalue weighted by atomic mass is 35.5. The highest BCUT2D eigenvalue weighted by Crippen LogP contribution is 2.43. The zero-order valence-electron chi connectivity index (χ0n) is 28.7. The second kappa shape index (κ2) is 21.7. The molecular formula is C38H53ClO8. The summed E-state index contributed by atoms with van der Waals surface area (Å²) in [5.74, 6) is 0.723. The monoisotopic (exact) mass is 672 g/mol. The van der Waals surface area contributed by atoms with Crippen LogP contribution < -0.4 is 9.47 Å². The van der Waals surface area contributed by atoms with Crippen molar-refractivity contribution in [3.05, 3.63) is 47.5 Å². The summed E-state index contributed by atoms with van der Waals surface area (Å²) in [5.41, 5.74) is 0. The smallest absolute Gasteiger partial charge is 0.306 e. The van der Waals surface area contributed by atoms with E-state index in [9.17, 15) is 9.59 Å². The van der Waals surface area contributed by atoms with Crippen molar-refractivity contribution in [1.29, 1.82) is 0 Å². The Morgan fingerprint density at radius 2 is 1.04 bits per heavy atom. The molecule has 0 amide bonds. The first kappa shape index (κ1) is 38.4. The predicted molar refractivity (Wildman–Crippen MR) is 188 cm³/mol. The largest absolute Gasteiger partial charge is 0.488 e. The van der Waals surface area contributed by atoms with E-state index in [1.807, 2.05) is 36.4 Å². The van der Waals surface area contributed by atoms with E-state index in [4.69, 9.17) is 40.0 Å². The number of hydrogen-bond acceptors (Lipinski definition) is 8. The molecular weight excluding hydrogens is 620 g/mol. The first-order chi connectivity index (χ1) is 22.9. The Balaban J connectivity index is 1.80. The Hall–Kier alpha value is -3.07. The average Bonchev–Trinajstić information content (AvgIpc) is 3.06. The van der Waals surface area contributed by atoms with Gasteiger partial charge in [0.15, 0.2) is 12.2 Å². The van der Waals surface area contributed by atoms with Crippen LogP contribution in [0.25, 0.3) is 21.5 Å². The van der Waals surface area contributed by atoms with E-state index in [2.05, 4.69) is 13.8 Å². The maximum absolute atomic E-state index is 12.6.